The van der Waals surface area contributed by atoms with E-state index >= 15 is 0 Å². The molecule has 0 aromatic heterocycles. The van der Waals surface area contributed by atoms with Gasteiger partial charge >= 0.3 is 0 Å². The van der Waals surface area contributed by atoms with Gasteiger partial charge in [0.05, 0.1) is 5.75 Å². The van der Waals surface area contributed by atoms with Gasteiger partial charge in [-0.15, -0.1) is 11.8 Å². The van der Waals surface area contributed by atoms with Gasteiger partial charge in [-0.3, -0.25) is 4.79 Å². The molecule has 0 heterocycles. The van der Waals surface area contributed by atoms with Crippen molar-refractivity contribution in [3.8, 4) is 0 Å². The minimum Gasteiger partial charge on any atom is -0.325 e. The molecule has 0 spiro atoms. The van der Waals surface area contributed by atoms with Crippen molar-refractivity contribution >= 4 is 35.1 Å². The fourth-order valence-electron chi connectivity index (χ4n) is 1.03. The lowest BCUT2D eigenvalue weighted by Gasteiger charge is -2.04. The predicted octanol–water partition coefficient (Wildman–Crippen LogP) is 2.71. The van der Waals surface area contributed by atoms with E-state index in [1.165, 1.54) is 11.8 Å². The average molecular weight is 227 g/mol. The van der Waals surface area contributed by atoms with Gasteiger partial charge in [0.25, 0.3) is 0 Å². The van der Waals surface area contributed by atoms with Crippen LogP contribution in [0.5, 0.6) is 0 Å². The molecule has 4 heteroatoms. The summed E-state index contributed by atoms with van der Waals surface area (Å²) in [5, 5.41) is 2.84. The summed E-state index contributed by atoms with van der Waals surface area (Å²) in [6.07, 6.45) is 3.93. The zero-order valence-corrected chi connectivity index (χ0v) is 9.87. The molecule has 0 saturated heterocycles. The summed E-state index contributed by atoms with van der Waals surface area (Å²) in [5.74, 6) is 0.555. The van der Waals surface area contributed by atoms with Crippen LogP contribution >= 0.6 is 23.5 Å². The molecule has 76 valence electrons. The molecule has 1 N–H and O–H groups in total. The smallest absolute Gasteiger partial charge is 0.234 e. The maximum atomic E-state index is 11.3. The maximum Gasteiger partial charge on any atom is 0.234 e. The second-order valence-corrected chi connectivity index (χ2v) is 4.46. The summed E-state index contributed by atoms with van der Waals surface area (Å²) in [4.78, 5) is 12.4. The number of carbonyl (C=O) groups is 1. The third-order valence-corrected chi connectivity index (χ3v) is 2.91. The molecule has 0 aliphatic rings. The summed E-state index contributed by atoms with van der Waals surface area (Å²) in [6.45, 7) is 0. The van der Waals surface area contributed by atoms with Crippen molar-refractivity contribution in [2.24, 2.45) is 0 Å². The van der Waals surface area contributed by atoms with Crippen LogP contribution in [0.25, 0.3) is 0 Å². The van der Waals surface area contributed by atoms with Crippen molar-refractivity contribution in [1.82, 2.24) is 0 Å². The van der Waals surface area contributed by atoms with Crippen molar-refractivity contribution in [2.45, 2.75) is 4.90 Å². The Balaban J connectivity index is 2.62. The van der Waals surface area contributed by atoms with E-state index in [1.54, 1.807) is 11.8 Å². The highest BCUT2D eigenvalue weighted by atomic mass is 32.2. The number of amides is 1. The number of anilines is 1. The normalized spacial score (nSPS) is 9.86. The number of hydrogen-bond donors (Lipinski definition) is 1. The van der Waals surface area contributed by atoms with E-state index in [4.69, 9.17) is 0 Å². The molecular weight excluding hydrogens is 214 g/mol. The van der Waals surface area contributed by atoms with Crippen LogP contribution in [0, 0.1) is 0 Å². The Kier molecular flexibility index (Phi) is 4.90. The molecule has 0 aliphatic heterocycles. The first-order valence-corrected chi connectivity index (χ1v) is 6.81. The molecule has 1 aromatic rings. The highest BCUT2D eigenvalue weighted by Crippen LogP contribution is 2.18. The van der Waals surface area contributed by atoms with Crippen LogP contribution in [0.15, 0.2) is 29.2 Å². The van der Waals surface area contributed by atoms with Gasteiger partial charge in [-0.1, -0.05) is 6.07 Å². The summed E-state index contributed by atoms with van der Waals surface area (Å²) in [5.41, 5.74) is 0.871. The molecule has 0 unspecified atom stereocenters. The Morgan fingerprint density at radius 3 is 2.86 bits per heavy atom. The van der Waals surface area contributed by atoms with Gasteiger partial charge in [0.1, 0.15) is 0 Å². The van der Waals surface area contributed by atoms with Crippen molar-refractivity contribution in [3.63, 3.8) is 0 Å². The van der Waals surface area contributed by atoms with Gasteiger partial charge in [0.15, 0.2) is 0 Å². The number of hydrogen-bond acceptors (Lipinski definition) is 3. The van der Waals surface area contributed by atoms with Crippen LogP contribution in [0.3, 0.4) is 0 Å². The second-order valence-electron chi connectivity index (χ2n) is 2.71. The second kappa shape index (κ2) is 5.98. The Morgan fingerprint density at radius 1 is 1.43 bits per heavy atom. The zero-order valence-electron chi connectivity index (χ0n) is 8.24. The number of rotatable bonds is 4. The van der Waals surface area contributed by atoms with E-state index in [0.29, 0.717) is 5.75 Å². The quantitative estimate of drug-likeness (QED) is 0.802. The summed E-state index contributed by atoms with van der Waals surface area (Å²) >= 11 is 3.19. The van der Waals surface area contributed by atoms with Gasteiger partial charge < -0.3 is 5.32 Å². The Labute approximate surface area is 92.8 Å². The fourth-order valence-corrected chi connectivity index (χ4v) is 1.82. The highest BCUT2D eigenvalue weighted by Gasteiger charge is 2.00. The first-order chi connectivity index (χ1) is 6.76. The summed E-state index contributed by atoms with van der Waals surface area (Å²) < 4.78 is 0. The molecule has 0 bridgehead atoms. The first kappa shape index (κ1) is 11.5. The van der Waals surface area contributed by atoms with Crippen LogP contribution < -0.4 is 5.32 Å². The van der Waals surface area contributed by atoms with Crippen LogP contribution in [-0.4, -0.2) is 24.2 Å². The van der Waals surface area contributed by atoms with Gasteiger partial charge in [0.2, 0.25) is 5.91 Å². The molecule has 0 atom stereocenters. The molecule has 0 radical (unpaired) electrons. The van der Waals surface area contributed by atoms with E-state index < -0.39 is 0 Å². The van der Waals surface area contributed by atoms with Crippen LogP contribution in [-0.2, 0) is 4.79 Å². The Bertz CT molecular complexity index is 315. The molecule has 0 saturated carbocycles. The third-order valence-electron chi connectivity index (χ3n) is 1.63. The largest absolute Gasteiger partial charge is 0.325 e. The lowest BCUT2D eigenvalue weighted by atomic mass is 10.3. The number of thioether (sulfide) groups is 2. The van der Waals surface area contributed by atoms with Gasteiger partial charge in [0, 0.05) is 10.6 Å². The van der Waals surface area contributed by atoms with Crippen molar-refractivity contribution < 1.29 is 4.79 Å². The number of carbonyl (C=O) groups excluding carboxylic acids is 1. The van der Waals surface area contributed by atoms with Crippen molar-refractivity contribution in [3.05, 3.63) is 24.3 Å². The van der Waals surface area contributed by atoms with Crippen molar-refractivity contribution in [1.29, 1.82) is 0 Å². The minimum atomic E-state index is 0.0516. The molecule has 1 rings (SSSR count). The molecule has 1 amide bonds. The van der Waals surface area contributed by atoms with Gasteiger partial charge in [-0.2, -0.15) is 11.8 Å². The van der Waals surface area contributed by atoms with E-state index in [0.717, 1.165) is 10.6 Å². The monoisotopic (exact) mass is 227 g/mol. The lowest BCUT2D eigenvalue weighted by Crippen LogP contribution is -2.13. The minimum absolute atomic E-state index is 0.0516. The van der Waals surface area contributed by atoms with Crippen molar-refractivity contribution in [2.75, 3.05) is 23.6 Å². The Hall–Kier alpha value is -0.610. The molecule has 1 aromatic carbocycles. The van der Waals surface area contributed by atoms with E-state index in [1.807, 2.05) is 36.8 Å². The highest BCUT2D eigenvalue weighted by molar-refractivity contribution is 7.99. The SMILES string of the molecule is CSCC(=O)Nc1cccc(SC)c1. The van der Waals surface area contributed by atoms with Crippen LogP contribution in [0.1, 0.15) is 0 Å². The predicted molar refractivity (Wildman–Crippen MR) is 65.2 cm³/mol. The topological polar surface area (TPSA) is 29.1 Å². The van der Waals surface area contributed by atoms with E-state index in [-0.39, 0.29) is 5.91 Å². The van der Waals surface area contributed by atoms with Crippen LogP contribution in [0.4, 0.5) is 5.69 Å². The molecule has 14 heavy (non-hydrogen) atoms. The van der Waals surface area contributed by atoms with Gasteiger partial charge in [-0.05, 0) is 30.7 Å². The fraction of sp³-hybridized carbons (Fsp3) is 0.300. The van der Waals surface area contributed by atoms with E-state index in [2.05, 4.69) is 5.32 Å². The van der Waals surface area contributed by atoms with Crippen LogP contribution in [0.2, 0.25) is 0 Å². The molecule has 2 nitrogen and oxygen atoms in total. The van der Waals surface area contributed by atoms with E-state index in [9.17, 15) is 4.79 Å². The lowest BCUT2D eigenvalue weighted by molar-refractivity contribution is -0.113. The third kappa shape index (κ3) is 3.64. The molecule has 0 aliphatic carbocycles. The number of nitrogens with one attached hydrogen (secondary N) is 1. The summed E-state index contributed by atoms with van der Waals surface area (Å²) in [7, 11) is 0. The zero-order chi connectivity index (χ0) is 10.4. The summed E-state index contributed by atoms with van der Waals surface area (Å²) in [6, 6.07) is 7.84. The standard InChI is InChI=1S/C10H13NOS2/c1-13-7-10(12)11-8-4-3-5-9(6-8)14-2/h3-6H,7H2,1-2H3,(H,11,12). The maximum absolute atomic E-state index is 11.3. The number of benzene rings is 1. The molecule has 0 fully saturated rings. The van der Waals surface area contributed by atoms with Gasteiger partial charge in [-0.25, -0.2) is 0 Å². The molecular formula is C10H13NOS2. The first-order valence-electron chi connectivity index (χ1n) is 4.19. The average Bonchev–Trinajstić information content (AvgIpc) is 2.18. The Morgan fingerprint density at radius 2 is 2.21 bits per heavy atom.